The Morgan fingerprint density at radius 1 is 1.00 bits per heavy atom. The standard InChI is InChI=1S/C15H13ClF2/c1-9-4-3-5-11(6-9)15(16)12-8-13(17)10(2)7-14(12)18/h3-8,15H,1-2H3. The molecule has 0 heterocycles. The average Bonchev–Trinajstić information content (AvgIpc) is 2.33. The molecule has 0 aromatic heterocycles. The molecule has 1 atom stereocenters. The molecule has 0 fully saturated rings. The van der Waals surface area contributed by atoms with Crippen LogP contribution >= 0.6 is 11.6 Å². The lowest BCUT2D eigenvalue weighted by Gasteiger charge is -2.13. The monoisotopic (exact) mass is 266 g/mol. The molecule has 0 radical (unpaired) electrons. The zero-order valence-electron chi connectivity index (χ0n) is 10.2. The van der Waals surface area contributed by atoms with E-state index in [0.717, 1.165) is 11.1 Å². The molecule has 0 bridgehead atoms. The fourth-order valence-corrected chi connectivity index (χ4v) is 2.17. The maximum Gasteiger partial charge on any atom is 0.128 e. The van der Waals surface area contributed by atoms with Crippen LogP contribution in [0.15, 0.2) is 36.4 Å². The SMILES string of the molecule is Cc1cccc(C(Cl)c2cc(F)c(C)cc2F)c1. The summed E-state index contributed by atoms with van der Waals surface area (Å²) in [7, 11) is 0. The molecule has 3 heteroatoms. The van der Waals surface area contributed by atoms with Crippen molar-refractivity contribution in [2.45, 2.75) is 19.2 Å². The largest absolute Gasteiger partial charge is 0.207 e. The summed E-state index contributed by atoms with van der Waals surface area (Å²) in [6.07, 6.45) is 0. The first-order valence-electron chi connectivity index (χ1n) is 5.65. The van der Waals surface area contributed by atoms with Gasteiger partial charge in [-0.15, -0.1) is 11.6 Å². The van der Waals surface area contributed by atoms with Gasteiger partial charge in [0.15, 0.2) is 0 Å². The van der Waals surface area contributed by atoms with E-state index in [2.05, 4.69) is 0 Å². The van der Waals surface area contributed by atoms with Crippen molar-refractivity contribution in [1.82, 2.24) is 0 Å². The van der Waals surface area contributed by atoms with E-state index in [1.165, 1.54) is 19.1 Å². The highest BCUT2D eigenvalue weighted by atomic mass is 35.5. The Kier molecular flexibility index (Phi) is 3.67. The molecule has 0 aliphatic heterocycles. The summed E-state index contributed by atoms with van der Waals surface area (Å²) < 4.78 is 27.3. The van der Waals surface area contributed by atoms with Crippen LogP contribution in [0.25, 0.3) is 0 Å². The summed E-state index contributed by atoms with van der Waals surface area (Å²) in [4.78, 5) is 0. The molecule has 0 spiro atoms. The van der Waals surface area contributed by atoms with E-state index in [0.29, 0.717) is 0 Å². The highest BCUT2D eigenvalue weighted by molar-refractivity contribution is 6.22. The third kappa shape index (κ3) is 2.54. The van der Waals surface area contributed by atoms with Crippen LogP contribution in [0.2, 0.25) is 0 Å². The van der Waals surface area contributed by atoms with Crippen molar-refractivity contribution in [1.29, 1.82) is 0 Å². The summed E-state index contributed by atoms with van der Waals surface area (Å²) in [5.41, 5.74) is 2.25. The van der Waals surface area contributed by atoms with E-state index in [1.807, 2.05) is 31.2 Å². The average molecular weight is 267 g/mol. The molecule has 2 aromatic rings. The molecular formula is C15H13ClF2. The topological polar surface area (TPSA) is 0 Å². The van der Waals surface area contributed by atoms with Gasteiger partial charge >= 0.3 is 0 Å². The Bertz CT molecular complexity index is 579. The Balaban J connectivity index is 2.46. The van der Waals surface area contributed by atoms with Crippen LogP contribution in [0.1, 0.15) is 27.6 Å². The fraction of sp³-hybridized carbons (Fsp3) is 0.200. The first-order valence-corrected chi connectivity index (χ1v) is 6.09. The number of aryl methyl sites for hydroxylation is 2. The van der Waals surface area contributed by atoms with Crippen molar-refractivity contribution in [2.24, 2.45) is 0 Å². The number of hydrogen-bond acceptors (Lipinski definition) is 0. The quantitative estimate of drug-likeness (QED) is 0.678. The van der Waals surface area contributed by atoms with Gasteiger partial charge in [0.05, 0.1) is 5.38 Å². The third-order valence-electron chi connectivity index (χ3n) is 2.89. The minimum Gasteiger partial charge on any atom is -0.207 e. The Morgan fingerprint density at radius 3 is 2.39 bits per heavy atom. The summed E-state index contributed by atoms with van der Waals surface area (Å²) in [6, 6.07) is 9.80. The number of alkyl halides is 1. The minimum absolute atomic E-state index is 0.172. The zero-order chi connectivity index (χ0) is 13.3. The van der Waals surface area contributed by atoms with E-state index in [-0.39, 0.29) is 11.1 Å². The molecule has 18 heavy (non-hydrogen) atoms. The van der Waals surface area contributed by atoms with Gasteiger partial charge in [-0.05, 0) is 37.1 Å². The summed E-state index contributed by atoms with van der Waals surface area (Å²) in [5.74, 6) is -0.917. The summed E-state index contributed by atoms with van der Waals surface area (Å²) in [6.45, 7) is 3.46. The van der Waals surface area contributed by atoms with E-state index < -0.39 is 17.0 Å². The van der Waals surface area contributed by atoms with E-state index in [4.69, 9.17) is 11.6 Å². The van der Waals surface area contributed by atoms with Gasteiger partial charge in [0.1, 0.15) is 11.6 Å². The second-order valence-corrected chi connectivity index (χ2v) is 4.84. The second kappa shape index (κ2) is 5.07. The highest BCUT2D eigenvalue weighted by Gasteiger charge is 2.17. The van der Waals surface area contributed by atoms with E-state index in [9.17, 15) is 8.78 Å². The Hall–Kier alpha value is -1.41. The van der Waals surface area contributed by atoms with Gasteiger partial charge in [-0.1, -0.05) is 29.8 Å². The molecule has 1 unspecified atom stereocenters. The fourth-order valence-electron chi connectivity index (χ4n) is 1.86. The highest BCUT2D eigenvalue weighted by Crippen LogP contribution is 2.32. The summed E-state index contributed by atoms with van der Waals surface area (Å²) >= 11 is 6.23. The molecular weight excluding hydrogens is 254 g/mol. The molecule has 0 amide bonds. The van der Waals surface area contributed by atoms with Crippen molar-refractivity contribution in [3.05, 3.63) is 70.3 Å². The number of halogens is 3. The normalized spacial score (nSPS) is 12.5. The first kappa shape index (κ1) is 13.0. The Morgan fingerprint density at radius 2 is 1.72 bits per heavy atom. The molecule has 2 rings (SSSR count). The van der Waals surface area contributed by atoms with Gasteiger partial charge in [0.25, 0.3) is 0 Å². The van der Waals surface area contributed by atoms with Crippen LogP contribution in [0, 0.1) is 25.5 Å². The second-order valence-electron chi connectivity index (χ2n) is 4.40. The van der Waals surface area contributed by atoms with Crippen molar-refractivity contribution >= 4 is 11.6 Å². The van der Waals surface area contributed by atoms with Gasteiger partial charge < -0.3 is 0 Å². The Labute approximate surface area is 110 Å². The molecule has 94 valence electrons. The summed E-state index contributed by atoms with van der Waals surface area (Å²) in [5, 5.41) is -0.681. The lowest BCUT2D eigenvalue weighted by molar-refractivity contribution is 0.580. The van der Waals surface area contributed by atoms with Crippen LogP contribution in [0.5, 0.6) is 0 Å². The van der Waals surface area contributed by atoms with Gasteiger partial charge in [-0.3, -0.25) is 0 Å². The minimum atomic E-state index is -0.681. The number of rotatable bonds is 2. The lowest BCUT2D eigenvalue weighted by Crippen LogP contribution is -2.00. The molecule has 0 saturated heterocycles. The van der Waals surface area contributed by atoms with E-state index >= 15 is 0 Å². The van der Waals surface area contributed by atoms with Crippen molar-refractivity contribution < 1.29 is 8.78 Å². The van der Waals surface area contributed by atoms with Gasteiger partial charge in [0.2, 0.25) is 0 Å². The molecule has 0 aliphatic carbocycles. The predicted octanol–water partition coefficient (Wildman–Crippen LogP) is 4.91. The van der Waals surface area contributed by atoms with Gasteiger partial charge in [-0.2, -0.15) is 0 Å². The molecule has 0 aliphatic rings. The van der Waals surface area contributed by atoms with Gasteiger partial charge in [-0.25, -0.2) is 8.78 Å². The van der Waals surface area contributed by atoms with Gasteiger partial charge in [0, 0.05) is 5.56 Å². The van der Waals surface area contributed by atoms with Crippen LogP contribution in [-0.2, 0) is 0 Å². The maximum atomic E-state index is 13.8. The molecule has 0 N–H and O–H groups in total. The van der Waals surface area contributed by atoms with Crippen LogP contribution in [0.3, 0.4) is 0 Å². The zero-order valence-corrected chi connectivity index (χ0v) is 10.9. The van der Waals surface area contributed by atoms with Crippen molar-refractivity contribution in [3.8, 4) is 0 Å². The number of hydrogen-bond donors (Lipinski definition) is 0. The number of benzene rings is 2. The van der Waals surface area contributed by atoms with Crippen LogP contribution in [0.4, 0.5) is 8.78 Å². The molecule has 0 nitrogen and oxygen atoms in total. The lowest BCUT2D eigenvalue weighted by atomic mass is 10.0. The third-order valence-corrected chi connectivity index (χ3v) is 3.37. The smallest absolute Gasteiger partial charge is 0.128 e. The molecule has 0 saturated carbocycles. The predicted molar refractivity (Wildman–Crippen MR) is 70.0 cm³/mol. The van der Waals surface area contributed by atoms with Crippen LogP contribution < -0.4 is 0 Å². The molecule has 2 aromatic carbocycles. The first-order chi connectivity index (χ1) is 8.49. The van der Waals surface area contributed by atoms with Crippen molar-refractivity contribution in [3.63, 3.8) is 0 Å². The van der Waals surface area contributed by atoms with E-state index in [1.54, 1.807) is 0 Å². The maximum absolute atomic E-state index is 13.8. The van der Waals surface area contributed by atoms with Crippen LogP contribution in [-0.4, -0.2) is 0 Å². The van der Waals surface area contributed by atoms with Crippen molar-refractivity contribution in [2.75, 3.05) is 0 Å².